The number of hydrogen-bond donors (Lipinski definition) is 0. The smallest absolute Gasteiger partial charge is 0.236 e. The fourth-order valence-electron chi connectivity index (χ4n) is 2.66. The Morgan fingerprint density at radius 2 is 1.44 bits per heavy atom. The summed E-state index contributed by atoms with van der Waals surface area (Å²) in [5.74, 6) is 0.345. The number of benzene rings is 1. The number of sulfone groups is 1. The molecule has 0 amide bonds. The van der Waals surface area contributed by atoms with Crippen molar-refractivity contribution < 1.29 is 21.6 Å². The van der Waals surface area contributed by atoms with Crippen molar-refractivity contribution in [1.82, 2.24) is 9.97 Å². The molecule has 0 fully saturated rings. The molecule has 2 rings (SSSR count). The maximum absolute atomic E-state index is 12.6. The highest BCUT2D eigenvalue weighted by molar-refractivity contribution is 7.92. The van der Waals surface area contributed by atoms with Crippen LogP contribution in [0.5, 0.6) is 0 Å². The summed E-state index contributed by atoms with van der Waals surface area (Å²) in [6.45, 7) is 2.18. The molecule has 2 aromatic rings. The zero-order valence-corrected chi connectivity index (χ0v) is 16.0. The SMILES string of the molecule is CCCCCCCCc1cnc(-c2ccc(S(=O)(=O)C(F)(F)F)cc2)nc1. The van der Waals surface area contributed by atoms with Gasteiger partial charge in [0, 0.05) is 18.0 Å². The minimum atomic E-state index is -5.34. The number of alkyl halides is 3. The van der Waals surface area contributed by atoms with Gasteiger partial charge in [-0.25, -0.2) is 18.4 Å². The number of unbranched alkanes of at least 4 members (excludes halogenated alkanes) is 5. The van der Waals surface area contributed by atoms with Crippen molar-refractivity contribution in [3.05, 3.63) is 42.2 Å². The molecule has 0 aliphatic carbocycles. The highest BCUT2D eigenvalue weighted by Gasteiger charge is 2.46. The van der Waals surface area contributed by atoms with Gasteiger partial charge < -0.3 is 0 Å². The predicted molar refractivity (Wildman–Crippen MR) is 97.8 cm³/mol. The molecule has 0 N–H and O–H groups in total. The summed E-state index contributed by atoms with van der Waals surface area (Å²) in [6.07, 6.45) is 11.5. The lowest BCUT2D eigenvalue weighted by atomic mass is 10.1. The number of aryl methyl sites for hydroxylation is 1. The van der Waals surface area contributed by atoms with Crippen LogP contribution in [0, 0.1) is 0 Å². The van der Waals surface area contributed by atoms with Crippen molar-refractivity contribution in [1.29, 1.82) is 0 Å². The summed E-state index contributed by atoms with van der Waals surface area (Å²) < 4.78 is 60.4. The number of rotatable bonds is 9. The van der Waals surface area contributed by atoms with E-state index in [0.29, 0.717) is 11.4 Å². The van der Waals surface area contributed by atoms with E-state index < -0.39 is 20.2 Å². The average molecular weight is 400 g/mol. The first-order chi connectivity index (χ1) is 12.8. The van der Waals surface area contributed by atoms with E-state index in [0.717, 1.165) is 37.0 Å². The molecule has 0 saturated heterocycles. The molecular weight excluding hydrogens is 377 g/mol. The maximum atomic E-state index is 12.6. The molecule has 148 valence electrons. The van der Waals surface area contributed by atoms with Crippen molar-refractivity contribution in [2.75, 3.05) is 0 Å². The quantitative estimate of drug-likeness (QED) is 0.533. The Hall–Kier alpha value is -1.96. The van der Waals surface area contributed by atoms with Gasteiger partial charge in [0.05, 0.1) is 4.90 Å². The number of halogens is 3. The first-order valence-corrected chi connectivity index (χ1v) is 10.5. The summed E-state index contributed by atoms with van der Waals surface area (Å²) >= 11 is 0. The van der Waals surface area contributed by atoms with Crippen LogP contribution in [0.2, 0.25) is 0 Å². The lowest BCUT2D eigenvalue weighted by Crippen LogP contribution is -2.23. The molecule has 0 atom stereocenters. The Kier molecular flexibility index (Phi) is 7.35. The Labute approximate surface area is 157 Å². The zero-order chi connectivity index (χ0) is 19.9. The fraction of sp³-hybridized carbons (Fsp3) is 0.474. The summed E-state index contributed by atoms with van der Waals surface area (Å²) in [4.78, 5) is 7.68. The first-order valence-electron chi connectivity index (χ1n) is 8.98. The largest absolute Gasteiger partial charge is 0.501 e. The maximum Gasteiger partial charge on any atom is 0.501 e. The van der Waals surface area contributed by atoms with Crippen LogP contribution >= 0.6 is 0 Å². The van der Waals surface area contributed by atoms with Crippen LogP contribution in [0.3, 0.4) is 0 Å². The normalized spacial score (nSPS) is 12.3. The second-order valence-corrected chi connectivity index (χ2v) is 8.35. The van der Waals surface area contributed by atoms with Crippen LogP contribution in [0.25, 0.3) is 11.4 Å². The van der Waals surface area contributed by atoms with Crippen LogP contribution in [0.1, 0.15) is 51.0 Å². The Morgan fingerprint density at radius 1 is 0.889 bits per heavy atom. The van der Waals surface area contributed by atoms with Crippen LogP contribution in [0.15, 0.2) is 41.6 Å². The highest BCUT2D eigenvalue weighted by atomic mass is 32.2. The molecule has 0 saturated carbocycles. The van der Waals surface area contributed by atoms with Crippen molar-refractivity contribution in [3.63, 3.8) is 0 Å². The summed E-state index contributed by atoms with van der Waals surface area (Å²) in [5.41, 5.74) is -3.85. The molecule has 1 aromatic heterocycles. The van der Waals surface area contributed by atoms with E-state index in [4.69, 9.17) is 0 Å². The fourth-order valence-corrected chi connectivity index (χ4v) is 3.42. The number of nitrogens with zero attached hydrogens (tertiary/aromatic N) is 2. The van der Waals surface area contributed by atoms with Crippen LogP contribution in [-0.2, 0) is 16.3 Å². The van der Waals surface area contributed by atoms with Gasteiger partial charge in [-0.3, -0.25) is 0 Å². The van der Waals surface area contributed by atoms with Gasteiger partial charge in [0.2, 0.25) is 0 Å². The van der Waals surface area contributed by atoms with Gasteiger partial charge in [0.15, 0.2) is 5.82 Å². The predicted octanol–water partition coefficient (Wildman–Crippen LogP) is 5.34. The van der Waals surface area contributed by atoms with Crippen LogP contribution in [0.4, 0.5) is 13.2 Å². The number of hydrogen-bond acceptors (Lipinski definition) is 4. The summed E-state index contributed by atoms with van der Waals surface area (Å²) in [7, 11) is -5.34. The van der Waals surface area contributed by atoms with E-state index in [1.165, 1.54) is 37.8 Å². The topological polar surface area (TPSA) is 59.9 Å². The lowest BCUT2D eigenvalue weighted by Gasteiger charge is -2.08. The van der Waals surface area contributed by atoms with Gasteiger partial charge in [0.25, 0.3) is 9.84 Å². The van der Waals surface area contributed by atoms with Gasteiger partial charge in [-0.2, -0.15) is 13.2 Å². The van der Waals surface area contributed by atoms with Gasteiger partial charge >= 0.3 is 5.51 Å². The molecule has 0 bridgehead atoms. The van der Waals surface area contributed by atoms with Crippen LogP contribution in [-0.4, -0.2) is 23.9 Å². The molecule has 0 radical (unpaired) electrons. The summed E-state index contributed by atoms with van der Waals surface area (Å²) in [5, 5.41) is 0. The third-order valence-corrected chi connectivity index (χ3v) is 5.75. The van der Waals surface area contributed by atoms with Gasteiger partial charge in [0.1, 0.15) is 0 Å². The first kappa shape index (κ1) is 21.3. The lowest BCUT2D eigenvalue weighted by molar-refractivity contribution is -0.0436. The Bertz CT molecular complexity index is 818. The van der Waals surface area contributed by atoms with Gasteiger partial charge in [-0.05, 0) is 42.7 Å². The Balaban J connectivity index is 1.97. The third-order valence-electron chi connectivity index (χ3n) is 4.25. The molecule has 0 aliphatic rings. The molecule has 8 heteroatoms. The molecule has 27 heavy (non-hydrogen) atoms. The van der Waals surface area contributed by atoms with E-state index >= 15 is 0 Å². The third kappa shape index (κ3) is 5.76. The molecule has 0 spiro atoms. The van der Waals surface area contributed by atoms with Crippen LogP contribution < -0.4 is 0 Å². The van der Waals surface area contributed by atoms with Gasteiger partial charge in [-0.15, -0.1) is 0 Å². The standard InChI is InChI=1S/C19H23F3N2O2S/c1-2-3-4-5-6-7-8-15-13-23-18(24-14-15)16-9-11-17(12-10-16)27(25,26)19(20,21)22/h9-14H,2-8H2,1H3. The molecule has 1 aromatic carbocycles. The molecule has 1 heterocycles. The van der Waals surface area contributed by atoms with Gasteiger partial charge in [-0.1, -0.05) is 39.0 Å². The minimum Gasteiger partial charge on any atom is -0.236 e. The highest BCUT2D eigenvalue weighted by Crippen LogP contribution is 2.31. The minimum absolute atomic E-state index is 0.345. The Morgan fingerprint density at radius 3 is 2.00 bits per heavy atom. The molecule has 0 unspecified atom stereocenters. The monoisotopic (exact) mass is 400 g/mol. The molecular formula is C19H23F3N2O2S. The van der Waals surface area contributed by atoms with Crippen molar-refractivity contribution in [3.8, 4) is 11.4 Å². The van der Waals surface area contributed by atoms with E-state index in [-0.39, 0.29) is 0 Å². The second-order valence-electron chi connectivity index (χ2n) is 6.41. The molecule has 0 aliphatic heterocycles. The van der Waals surface area contributed by atoms with E-state index in [1.54, 1.807) is 12.4 Å². The van der Waals surface area contributed by atoms with E-state index in [1.807, 2.05) is 0 Å². The van der Waals surface area contributed by atoms with Crippen molar-refractivity contribution in [2.45, 2.75) is 62.3 Å². The second kappa shape index (κ2) is 9.30. The van der Waals surface area contributed by atoms with Crippen molar-refractivity contribution in [2.24, 2.45) is 0 Å². The number of aromatic nitrogens is 2. The molecule has 4 nitrogen and oxygen atoms in total. The zero-order valence-electron chi connectivity index (χ0n) is 15.2. The van der Waals surface area contributed by atoms with E-state index in [9.17, 15) is 21.6 Å². The summed E-state index contributed by atoms with van der Waals surface area (Å²) in [6, 6.07) is 4.40. The van der Waals surface area contributed by atoms with Crippen molar-refractivity contribution >= 4 is 9.84 Å². The average Bonchev–Trinajstić information content (AvgIpc) is 2.64. The van der Waals surface area contributed by atoms with E-state index in [2.05, 4.69) is 16.9 Å².